The highest BCUT2D eigenvalue weighted by atomic mass is 19.1. The van der Waals surface area contributed by atoms with Crippen LogP contribution < -0.4 is 0 Å². The first-order chi connectivity index (χ1) is 6.75. The number of carboxylic acid groups (broad SMARTS) is 1. The van der Waals surface area contributed by atoms with Gasteiger partial charge in [-0.25, -0.2) is 4.79 Å². The number of carbonyl (C=O) groups is 1. The van der Waals surface area contributed by atoms with Crippen LogP contribution in [0.3, 0.4) is 0 Å². The van der Waals surface area contributed by atoms with E-state index in [2.05, 4.69) is 6.92 Å². The first-order valence-corrected chi connectivity index (χ1v) is 5.49. The van der Waals surface area contributed by atoms with Crippen LogP contribution in [-0.2, 0) is 4.79 Å². The quantitative estimate of drug-likeness (QED) is 0.406. The van der Waals surface area contributed by atoms with E-state index in [9.17, 15) is 9.18 Å². The number of nitrogens with zero attached hydrogens (tertiary/aromatic N) is 1. The molecule has 90 valence electrons. The van der Waals surface area contributed by atoms with Crippen molar-refractivity contribution in [2.45, 2.75) is 44.8 Å². The normalized spacial score (nSPS) is 16.1. The van der Waals surface area contributed by atoms with Gasteiger partial charge in [-0.3, -0.25) is 4.48 Å². The molecule has 0 amide bonds. The van der Waals surface area contributed by atoms with Gasteiger partial charge in [0.15, 0.2) is 0 Å². The Bertz CT molecular complexity index is 213. The molecule has 1 unspecified atom stereocenters. The summed E-state index contributed by atoms with van der Waals surface area (Å²) in [5.74, 6) is -3.51. The summed E-state index contributed by atoms with van der Waals surface area (Å²) in [6.07, 6.45) is 3.72. The van der Waals surface area contributed by atoms with Gasteiger partial charge in [-0.2, -0.15) is 4.39 Å². The van der Waals surface area contributed by atoms with E-state index in [-0.39, 0.29) is 10.9 Å². The minimum atomic E-state index is -2.16. The van der Waals surface area contributed by atoms with Gasteiger partial charge in [0.1, 0.15) is 0 Å². The SMILES string of the molecule is CCCCCCC(F)(C(=O)O)[N+](C)(C)C. The number of unbranched alkanes of at least 4 members (excludes halogenated alkanes) is 3. The van der Waals surface area contributed by atoms with Gasteiger partial charge in [-0.15, -0.1) is 0 Å². The van der Waals surface area contributed by atoms with Crippen LogP contribution in [0.5, 0.6) is 0 Å². The van der Waals surface area contributed by atoms with E-state index in [1.807, 2.05) is 0 Å². The Morgan fingerprint density at radius 1 is 1.27 bits per heavy atom. The van der Waals surface area contributed by atoms with Crippen LogP contribution in [0, 0.1) is 0 Å². The number of aliphatic carboxylic acids is 1. The van der Waals surface area contributed by atoms with Gasteiger partial charge in [0.05, 0.1) is 21.1 Å². The summed E-state index contributed by atoms with van der Waals surface area (Å²) in [7, 11) is 4.73. The van der Waals surface area contributed by atoms with Crippen molar-refractivity contribution in [1.82, 2.24) is 0 Å². The van der Waals surface area contributed by atoms with Crippen molar-refractivity contribution in [3.05, 3.63) is 0 Å². The molecule has 1 atom stereocenters. The summed E-state index contributed by atoms with van der Waals surface area (Å²) in [5, 5.41) is 8.93. The van der Waals surface area contributed by atoms with Crippen LogP contribution in [0.25, 0.3) is 0 Å². The molecule has 0 heterocycles. The molecule has 0 aromatic heterocycles. The maximum atomic E-state index is 14.2. The zero-order valence-corrected chi connectivity index (χ0v) is 10.2. The molecule has 0 saturated heterocycles. The monoisotopic (exact) mass is 220 g/mol. The lowest BCUT2D eigenvalue weighted by molar-refractivity contribution is -0.931. The van der Waals surface area contributed by atoms with E-state index in [4.69, 9.17) is 5.11 Å². The van der Waals surface area contributed by atoms with Crippen LogP contribution in [-0.4, -0.2) is 42.5 Å². The Hall–Kier alpha value is -0.640. The van der Waals surface area contributed by atoms with Crippen molar-refractivity contribution in [1.29, 1.82) is 0 Å². The molecule has 0 saturated carbocycles. The molecule has 0 aliphatic heterocycles. The molecule has 0 rings (SSSR count). The van der Waals surface area contributed by atoms with E-state index >= 15 is 0 Å². The fraction of sp³-hybridized carbons (Fsp3) is 0.909. The molecule has 0 fully saturated rings. The predicted molar refractivity (Wildman–Crippen MR) is 58.3 cm³/mol. The third-order valence-electron chi connectivity index (χ3n) is 2.75. The van der Waals surface area contributed by atoms with E-state index in [0.29, 0.717) is 6.42 Å². The zero-order valence-electron chi connectivity index (χ0n) is 10.2. The number of rotatable bonds is 7. The number of halogens is 1. The predicted octanol–water partition coefficient (Wildman–Crippen LogP) is 2.41. The lowest BCUT2D eigenvalue weighted by Crippen LogP contribution is -2.58. The first kappa shape index (κ1) is 14.4. The Morgan fingerprint density at radius 3 is 2.13 bits per heavy atom. The molecule has 0 spiro atoms. The van der Waals surface area contributed by atoms with Crippen molar-refractivity contribution in [3.8, 4) is 0 Å². The molecule has 0 aromatic rings. The average Bonchev–Trinajstić information content (AvgIpc) is 2.09. The van der Waals surface area contributed by atoms with Crippen molar-refractivity contribution < 1.29 is 18.8 Å². The van der Waals surface area contributed by atoms with E-state index < -0.39 is 11.8 Å². The van der Waals surface area contributed by atoms with Gasteiger partial charge in [-0.1, -0.05) is 26.2 Å². The number of hydrogen-bond acceptors (Lipinski definition) is 1. The molecule has 15 heavy (non-hydrogen) atoms. The summed E-state index contributed by atoms with van der Waals surface area (Å²) >= 11 is 0. The van der Waals surface area contributed by atoms with Gasteiger partial charge < -0.3 is 5.11 Å². The Labute approximate surface area is 91.5 Å². The third kappa shape index (κ3) is 3.78. The van der Waals surface area contributed by atoms with Crippen molar-refractivity contribution in [2.75, 3.05) is 21.1 Å². The molecule has 0 radical (unpaired) electrons. The minimum Gasteiger partial charge on any atom is -0.474 e. The Morgan fingerprint density at radius 2 is 1.80 bits per heavy atom. The highest BCUT2D eigenvalue weighted by Gasteiger charge is 2.50. The topological polar surface area (TPSA) is 37.3 Å². The first-order valence-electron chi connectivity index (χ1n) is 5.49. The summed E-state index contributed by atoms with van der Waals surface area (Å²) < 4.78 is 14.0. The van der Waals surface area contributed by atoms with Gasteiger partial charge in [0, 0.05) is 6.42 Å². The number of hydrogen-bond donors (Lipinski definition) is 1. The standard InChI is InChI=1S/C11H22FNO2/c1-5-6-7-8-9-11(12,10(14)15)13(2,3)4/h5-9H2,1-4H3/p+1. The number of likely N-dealkylation sites (N-methyl/N-ethyl adjacent to an activating group) is 1. The van der Waals surface area contributed by atoms with E-state index in [0.717, 1.165) is 19.3 Å². The van der Waals surface area contributed by atoms with Crippen molar-refractivity contribution in [3.63, 3.8) is 0 Å². The van der Waals surface area contributed by atoms with E-state index in [1.54, 1.807) is 21.1 Å². The molecule has 0 aliphatic rings. The third-order valence-corrected chi connectivity index (χ3v) is 2.75. The maximum absolute atomic E-state index is 14.2. The largest absolute Gasteiger partial charge is 0.474 e. The summed E-state index contributed by atoms with van der Waals surface area (Å²) in [5.41, 5.74) is 0. The summed E-state index contributed by atoms with van der Waals surface area (Å²) in [6.45, 7) is 2.07. The molecule has 0 aliphatic carbocycles. The minimum absolute atomic E-state index is 0.0891. The van der Waals surface area contributed by atoms with Gasteiger partial charge in [0.2, 0.25) is 0 Å². The van der Waals surface area contributed by atoms with Crippen LogP contribution >= 0.6 is 0 Å². The maximum Gasteiger partial charge on any atom is 0.400 e. The lowest BCUT2D eigenvalue weighted by Gasteiger charge is -2.36. The Kier molecular flexibility index (Phi) is 5.21. The second-order valence-electron chi connectivity index (χ2n) is 4.89. The fourth-order valence-corrected chi connectivity index (χ4v) is 1.52. The average molecular weight is 220 g/mol. The van der Waals surface area contributed by atoms with Gasteiger partial charge in [-0.05, 0) is 6.42 Å². The molecule has 4 heteroatoms. The van der Waals surface area contributed by atoms with Gasteiger partial charge >= 0.3 is 11.8 Å². The Balaban J connectivity index is 4.35. The lowest BCUT2D eigenvalue weighted by atomic mass is 10.0. The summed E-state index contributed by atoms with van der Waals surface area (Å²) in [4.78, 5) is 10.9. The van der Waals surface area contributed by atoms with Crippen molar-refractivity contribution >= 4 is 5.97 Å². The molecule has 0 aromatic carbocycles. The van der Waals surface area contributed by atoms with Crippen LogP contribution in [0.2, 0.25) is 0 Å². The number of quaternary nitrogens is 1. The molecule has 3 nitrogen and oxygen atoms in total. The molecular weight excluding hydrogens is 197 g/mol. The number of alkyl halides is 1. The highest BCUT2D eigenvalue weighted by Crippen LogP contribution is 2.27. The second kappa shape index (κ2) is 5.45. The molecular formula is C11H23FNO2+. The van der Waals surface area contributed by atoms with Gasteiger partial charge in [0.25, 0.3) is 0 Å². The smallest absolute Gasteiger partial charge is 0.400 e. The van der Waals surface area contributed by atoms with Crippen LogP contribution in [0.15, 0.2) is 0 Å². The fourth-order valence-electron chi connectivity index (χ4n) is 1.52. The summed E-state index contributed by atoms with van der Waals surface area (Å²) in [6, 6.07) is 0. The molecule has 1 N–H and O–H groups in total. The van der Waals surface area contributed by atoms with Crippen LogP contribution in [0.4, 0.5) is 4.39 Å². The zero-order chi connectivity index (χ0) is 12.1. The number of carboxylic acids is 1. The highest BCUT2D eigenvalue weighted by molar-refractivity contribution is 5.75. The van der Waals surface area contributed by atoms with Crippen molar-refractivity contribution in [2.24, 2.45) is 0 Å². The second-order valence-corrected chi connectivity index (χ2v) is 4.89. The van der Waals surface area contributed by atoms with E-state index in [1.165, 1.54) is 0 Å². The molecule has 0 bridgehead atoms. The van der Waals surface area contributed by atoms with Crippen LogP contribution in [0.1, 0.15) is 39.0 Å².